The van der Waals surface area contributed by atoms with Crippen molar-refractivity contribution in [3.8, 4) is 0 Å². The van der Waals surface area contributed by atoms with E-state index in [0.29, 0.717) is 18.8 Å². The van der Waals surface area contributed by atoms with Crippen molar-refractivity contribution in [1.82, 2.24) is 15.1 Å². The fourth-order valence-electron chi connectivity index (χ4n) is 3.83. The fraction of sp³-hybridized carbons (Fsp3) is 0.938. The Morgan fingerprint density at radius 1 is 1.05 bits per heavy atom. The molecule has 2 heterocycles. The largest absolute Gasteiger partial charge is 0.368 e. The predicted molar refractivity (Wildman–Crippen MR) is 89.5 cm³/mol. The van der Waals surface area contributed by atoms with E-state index in [-0.39, 0.29) is 18.3 Å². The maximum Gasteiger partial charge on any atom is 0.248 e. The number of piperazine rings is 1. The van der Waals surface area contributed by atoms with Crippen LogP contribution in [0.25, 0.3) is 0 Å². The average molecular weight is 332 g/mol. The Hall–Kier alpha value is -0.360. The first-order valence-corrected chi connectivity index (χ1v) is 8.67. The van der Waals surface area contributed by atoms with Crippen LogP contribution in [0, 0.1) is 0 Å². The summed E-state index contributed by atoms with van der Waals surface area (Å²) in [4.78, 5) is 16.8. The van der Waals surface area contributed by atoms with Crippen molar-refractivity contribution in [1.29, 1.82) is 0 Å². The van der Waals surface area contributed by atoms with Crippen molar-refractivity contribution in [2.24, 2.45) is 0 Å². The van der Waals surface area contributed by atoms with Gasteiger partial charge in [0.05, 0.1) is 6.10 Å². The zero-order chi connectivity index (χ0) is 14.5. The van der Waals surface area contributed by atoms with Gasteiger partial charge in [-0.15, -0.1) is 12.4 Å². The van der Waals surface area contributed by atoms with E-state index >= 15 is 0 Å². The number of rotatable bonds is 4. The molecule has 2 saturated heterocycles. The SMILES string of the molecule is Cl.O=C(COC1CCCCC1)N1CCC(N2CCNCC2)C1. The molecule has 1 saturated carbocycles. The van der Waals surface area contributed by atoms with E-state index in [1.807, 2.05) is 4.90 Å². The van der Waals surface area contributed by atoms with E-state index in [9.17, 15) is 4.79 Å². The monoisotopic (exact) mass is 331 g/mol. The summed E-state index contributed by atoms with van der Waals surface area (Å²) in [7, 11) is 0. The Balaban J connectivity index is 0.00000176. The Labute approximate surface area is 140 Å². The number of hydrogen-bond donors (Lipinski definition) is 1. The van der Waals surface area contributed by atoms with Crippen LogP contribution in [0.3, 0.4) is 0 Å². The van der Waals surface area contributed by atoms with Crippen LogP contribution < -0.4 is 5.32 Å². The molecule has 6 heteroatoms. The highest BCUT2D eigenvalue weighted by Crippen LogP contribution is 2.21. The molecule has 0 aromatic carbocycles. The Bertz CT molecular complexity index is 344. The second-order valence-corrected chi connectivity index (χ2v) is 6.64. The molecule has 1 atom stereocenters. The van der Waals surface area contributed by atoms with Crippen LogP contribution in [0.4, 0.5) is 0 Å². The number of hydrogen-bond acceptors (Lipinski definition) is 4. The minimum atomic E-state index is 0. The van der Waals surface area contributed by atoms with Crippen molar-refractivity contribution in [3.63, 3.8) is 0 Å². The van der Waals surface area contributed by atoms with Crippen molar-refractivity contribution >= 4 is 18.3 Å². The summed E-state index contributed by atoms with van der Waals surface area (Å²) in [6.45, 7) is 6.48. The predicted octanol–water partition coefficient (Wildman–Crippen LogP) is 1.26. The second-order valence-electron chi connectivity index (χ2n) is 6.64. The fourth-order valence-corrected chi connectivity index (χ4v) is 3.83. The molecular formula is C16H30ClN3O2. The van der Waals surface area contributed by atoms with E-state index in [1.54, 1.807) is 0 Å². The van der Waals surface area contributed by atoms with E-state index in [0.717, 1.165) is 58.5 Å². The molecule has 1 unspecified atom stereocenters. The van der Waals surface area contributed by atoms with Gasteiger partial charge in [0, 0.05) is 45.3 Å². The lowest BCUT2D eigenvalue weighted by Crippen LogP contribution is -2.49. The number of amides is 1. The number of ether oxygens (including phenoxy) is 1. The first-order valence-electron chi connectivity index (χ1n) is 8.67. The molecule has 1 N–H and O–H groups in total. The number of nitrogens with zero attached hydrogens (tertiary/aromatic N) is 2. The summed E-state index contributed by atoms with van der Waals surface area (Å²) in [6.07, 6.45) is 7.56. The van der Waals surface area contributed by atoms with Crippen molar-refractivity contribution in [2.75, 3.05) is 45.9 Å². The molecule has 128 valence electrons. The van der Waals surface area contributed by atoms with Gasteiger partial charge >= 0.3 is 0 Å². The van der Waals surface area contributed by atoms with Gasteiger partial charge in [-0.05, 0) is 19.3 Å². The van der Waals surface area contributed by atoms with Crippen molar-refractivity contribution < 1.29 is 9.53 Å². The van der Waals surface area contributed by atoms with Gasteiger partial charge in [-0.25, -0.2) is 0 Å². The van der Waals surface area contributed by atoms with Gasteiger partial charge in [-0.2, -0.15) is 0 Å². The Morgan fingerprint density at radius 2 is 1.77 bits per heavy atom. The molecule has 0 bridgehead atoms. The summed E-state index contributed by atoms with van der Waals surface area (Å²) in [5.74, 6) is 0.193. The van der Waals surface area contributed by atoms with Gasteiger partial charge in [0.15, 0.2) is 0 Å². The summed E-state index contributed by atoms with van der Waals surface area (Å²) in [5.41, 5.74) is 0. The van der Waals surface area contributed by atoms with E-state index in [4.69, 9.17) is 4.74 Å². The minimum absolute atomic E-state index is 0. The van der Waals surface area contributed by atoms with Crippen LogP contribution in [-0.4, -0.2) is 73.7 Å². The summed E-state index contributed by atoms with van der Waals surface area (Å²) in [6, 6.07) is 0.561. The molecule has 0 radical (unpaired) electrons. The zero-order valence-electron chi connectivity index (χ0n) is 13.5. The maximum absolute atomic E-state index is 12.3. The summed E-state index contributed by atoms with van der Waals surface area (Å²) in [5, 5.41) is 3.39. The van der Waals surface area contributed by atoms with Gasteiger partial charge in [-0.3, -0.25) is 9.69 Å². The van der Waals surface area contributed by atoms with E-state index in [2.05, 4.69) is 10.2 Å². The third-order valence-electron chi connectivity index (χ3n) is 5.18. The third-order valence-corrected chi connectivity index (χ3v) is 5.18. The lowest BCUT2D eigenvalue weighted by atomic mass is 9.98. The zero-order valence-corrected chi connectivity index (χ0v) is 14.3. The first-order chi connectivity index (χ1) is 10.3. The molecule has 0 spiro atoms. The van der Waals surface area contributed by atoms with E-state index < -0.39 is 0 Å². The smallest absolute Gasteiger partial charge is 0.248 e. The standard InChI is InChI=1S/C16H29N3O2.ClH/c20-16(13-21-15-4-2-1-3-5-15)19-9-6-14(12-19)18-10-7-17-8-11-18;/h14-15,17H,1-13H2;1H. The lowest BCUT2D eigenvalue weighted by Gasteiger charge is -2.32. The quantitative estimate of drug-likeness (QED) is 0.842. The van der Waals surface area contributed by atoms with Crippen LogP contribution in [0.5, 0.6) is 0 Å². The molecule has 3 aliphatic rings. The van der Waals surface area contributed by atoms with E-state index in [1.165, 1.54) is 19.3 Å². The minimum Gasteiger partial charge on any atom is -0.368 e. The average Bonchev–Trinajstić information content (AvgIpc) is 3.04. The van der Waals surface area contributed by atoms with Crippen LogP contribution in [0.15, 0.2) is 0 Å². The van der Waals surface area contributed by atoms with Gasteiger partial charge in [0.2, 0.25) is 5.91 Å². The Morgan fingerprint density at radius 3 is 2.50 bits per heavy atom. The molecule has 2 aliphatic heterocycles. The molecule has 3 rings (SSSR count). The molecule has 0 aromatic rings. The van der Waals surface area contributed by atoms with Gasteiger partial charge in [0.25, 0.3) is 0 Å². The summed E-state index contributed by atoms with van der Waals surface area (Å²) >= 11 is 0. The molecule has 1 aliphatic carbocycles. The number of likely N-dealkylation sites (tertiary alicyclic amines) is 1. The second kappa shape index (κ2) is 9.06. The normalized spacial score (nSPS) is 27.6. The summed E-state index contributed by atoms with van der Waals surface area (Å²) < 4.78 is 5.82. The van der Waals surface area contributed by atoms with Crippen LogP contribution >= 0.6 is 12.4 Å². The topological polar surface area (TPSA) is 44.8 Å². The van der Waals surface area contributed by atoms with Crippen LogP contribution in [0.2, 0.25) is 0 Å². The number of halogens is 1. The number of nitrogens with one attached hydrogen (secondary N) is 1. The Kier molecular flexibility index (Phi) is 7.41. The highest BCUT2D eigenvalue weighted by molar-refractivity contribution is 5.85. The van der Waals surface area contributed by atoms with Gasteiger partial charge in [0.1, 0.15) is 6.61 Å². The first kappa shape index (κ1) is 18.0. The van der Waals surface area contributed by atoms with Crippen molar-refractivity contribution in [2.45, 2.75) is 50.7 Å². The van der Waals surface area contributed by atoms with Crippen LogP contribution in [-0.2, 0) is 9.53 Å². The molecular weight excluding hydrogens is 302 g/mol. The molecule has 22 heavy (non-hydrogen) atoms. The maximum atomic E-state index is 12.3. The number of carbonyl (C=O) groups excluding carboxylic acids is 1. The number of carbonyl (C=O) groups is 1. The van der Waals surface area contributed by atoms with Gasteiger partial charge in [-0.1, -0.05) is 19.3 Å². The molecule has 0 aromatic heterocycles. The molecule has 5 nitrogen and oxygen atoms in total. The highest BCUT2D eigenvalue weighted by Gasteiger charge is 2.31. The van der Waals surface area contributed by atoms with Gasteiger partial charge < -0.3 is 15.0 Å². The molecule has 3 fully saturated rings. The lowest BCUT2D eigenvalue weighted by molar-refractivity contribution is -0.138. The van der Waals surface area contributed by atoms with Crippen molar-refractivity contribution in [3.05, 3.63) is 0 Å². The highest BCUT2D eigenvalue weighted by atomic mass is 35.5. The van der Waals surface area contributed by atoms with Crippen LogP contribution in [0.1, 0.15) is 38.5 Å². The molecule has 1 amide bonds. The third kappa shape index (κ3) is 4.82.